The van der Waals surface area contributed by atoms with Crippen molar-refractivity contribution in [3.05, 3.63) is 52.7 Å². The Morgan fingerprint density at radius 3 is 2.73 bits per heavy atom. The fourth-order valence-corrected chi connectivity index (χ4v) is 3.43. The molecule has 2 heterocycles. The molecule has 0 saturated carbocycles. The summed E-state index contributed by atoms with van der Waals surface area (Å²) in [5, 5.41) is 16.1. The van der Waals surface area contributed by atoms with Crippen LogP contribution in [-0.4, -0.2) is 23.2 Å². The summed E-state index contributed by atoms with van der Waals surface area (Å²) < 4.78 is 5.30. The standard InChI is InChI=1S/C15H13N3O2S2/c1-20-12(10-5-3-2-4-6-10)13(19)16-15-18-17-14(22-15)11-7-8-21-9-11/h2-9,12H,1H3,(H,16,18,19)/t12-/m0/s1. The molecular formula is C15H13N3O2S2. The summed E-state index contributed by atoms with van der Waals surface area (Å²) in [4.78, 5) is 12.3. The van der Waals surface area contributed by atoms with Crippen LogP contribution in [-0.2, 0) is 9.53 Å². The van der Waals surface area contributed by atoms with Crippen LogP contribution in [0.4, 0.5) is 5.13 Å². The maximum Gasteiger partial charge on any atom is 0.259 e. The van der Waals surface area contributed by atoms with Crippen LogP contribution >= 0.6 is 22.7 Å². The average molecular weight is 331 g/mol. The Kier molecular flexibility index (Phi) is 4.57. The molecule has 0 bridgehead atoms. The van der Waals surface area contributed by atoms with Gasteiger partial charge in [-0.25, -0.2) is 0 Å². The molecule has 1 aromatic carbocycles. The molecule has 22 heavy (non-hydrogen) atoms. The number of rotatable bonds is 5. The second kappa shape index (κ2) is 6.78. The van der Waals surface area contributed by atoms with Gasteiger partial charge >= 0.3 is 0 Å². The van der Waals surface area contributed by atoms with Gasteiger partial charge in [0.05, 0.1) is 0 Å². The molecule has 0 spiro atoms. The molecule has 7 heteroatoms. The first-order valence-electron chi connectivity index (χ1n) is 6.52. The molecule has 1 amide bonds. The molecule has 0 saturated heterocycles. The van der Waals surface area contributed by atoms with Crippen molar-refractivity contribution in [2.24, 2.45) is 0 Å². The van der Waals surface area contributed by atoms with E-state index in [-0.39, 0.29) is 5.91 Å². The number of hydrogen-bond acceptors (Lipinski definition) is 6. The van der Waals surface area contributed by atoms with E-state index in [9.17, 15) is 4.79 Å². The number of anilines is 1. The van der Waals surface area contributed by atoms with Crippen molar-refractivity contribution in [3.8, 4) is 10.6 Å². The number of amides is 1. The third-order valence-electron chi connectivity index (χ3n) is 3.00. The van der Waals surface area contributed by atoms with Gasteiger partial charge in [0.15, 0.2) is 6.10 Å². The molecule has 0 fully saturated rings. The molecule has 2 aromatic heterocycles. The van der Waals surface area contributed by atoms with Gasteiger partial charge in [0, 0.05) is 18.1 Å². The number of benzene rings is 1. The number of nitrogens with zero attached hydrogens (tertiary/aromatic N) is 2. The average Bonchev–Trinajstić information content (AvgIpc) is 3.20. The highest BCUT2D eigenvalue weighted by atomic mass is 32.1. The van der Waals surface area contributed by atoms with Gasteiger partial charge in [0.25, 0.3) is 5.91 Å². The summed E-state index contributed by atoms with van der Waals surface area (Å²) in [5.41, 5.74) is 1.81. The predicted octanol–water partition coefficient (Wildman–Crippen LogP) is 3.59. The fourth-order valence-electron chi connectivity index (χ4n) is 1.97. The minimum Gasteiger partial charge on any atom is -0.367 e. The normalized spacial score (nSPS) is 12.0. The molecule has 0 radical (unpaired) electrons. The molecule has 0 unspecified atom stereocenters. The van der Waals surface area contributed by atoms with Gasteiger partial charge < -0.3 is 4.74 Å². The van der Waals surface area contributed by atoms with E-state index in [0.29, 0.717) is 5.13 Å². The zero-order chi connectivity index (χ0) is 15.4. The Morgan fingerprint density at radius 1 is 1.23 bits per heavy atom. The highest BCUT2D eigenvalue weighted by Gasteiger charge is 2.21. The third-order valence-corrected chi connectivity index (χ3v) is 4.57. The Bertz CT molecular complexity index is 741. The van der Waals surface area contributed by atoms with Gasteiger partial charge in [-0.1, -0.05) is 41.7 Å². The topological polar surface area (TPSA) is 64.1 Å². The highest BCUT2D eigenvalue weighted by Crippen LogP contribution is 2.28. The molecule has 0 aliphatic heterocycles. The lowest BCUT2D eigenvalue weighted by Gasteiger charge is -2.14. The van der Waals surface area contributed by atoms with E-state index in [4.69, 9.17) is 4.74 Å². The molecule has 0 aliphatic carbocycles. The monoisotopic (exact) mass is 331 g/mol. The van der Waals surface area contributed by atoms with Crippen molar-refractivity contribution in [1.82, 2.24) is 10.2 Å². The van der Waals surface area contributed by atoms with Gasteiger partial charge in [0.2, 0.25) is 5.13 Å². The van der Waals surface area contributed by atoms with Gasteiger partial charge in [-0.2, -0.15) is 11.3 Å². The van der Waals surface area contributed by atoms with Crippen LogP contribution in [0.15, 0.2) is 47.2 Å². The summed E-state index contributed by atoms with van der Waals surface area (Å²) >= 11 is 2.93. The molecule has 0 aliphatic rings. The predicted molar refractivity (Wildman–Crippen MR) is 88.0 cm³/mol. The largest absolute Gasteiger partial charge is 0.367 e. The van der Waals surface area contributed by atoms with Gasteiger partial charge in [-0.05, 0) is 17.0 Å². The minimum absolute atomic E-state index is 0.262. The van der Waals surface area contributed by atoms with Crippen LogP contribution in [0.25, 0.3) is 10.6 Å². The van der Waals surface area contributed by atoms with E-state index in [1.165, 1.54) is 18.4 Å². The van der Waals surface area contributed by atoms with Crippen molar-refractivity contribution in [1.29, 1.82) is 0 Å². The number of carbonyl (C=O) groups excluding carboxylic acids is 1. The van der Waals surface area contributed by atoms with Gasteiger partial charge in [0.1, 0.15) is 5.01 Å². The van der Waals surface area contributed by atoms with E-state index in [2.05, 4.69) is 15.5 Å². The lowest BCUT2D eigenvalue weighted by atomic mass is 10.1. The molecule has 112 valence electrons. The first-order chi connectivity index (χ1) is 10.8. The number of nitrogens with one attached hydrogen (secondary N) is 1. The zero-order valence-electron chi connectivity index (χ0n) is 11.7. The summed E-state index contributed by atoms with van der Waals surface area (Å²) in [6, 6.07) is 11.3. The molecular weight excluding hydrogens is 318 g/mol. The van der Waals surface area contributed by atoms with E-state index in [1.54, 1.807) is 11.3 Å². The quantitative estimate of drug-likeness (QED) is 0.776. The van der Waals surface area contributed by atoms with Gasteiger partial charge in [-0.3, -0.25) is 10.1 Å². The number of carbonyl (C=O) groups is 1. The third kappa shape index (κ3) is 3.22. The molecule has 3 rings (SSSR count). The molecule has 1 N–H and O–H groups in total. The summed E-state index contributed by atoms with van der Waals surface area (Å²) in [5.74, 6) is -0.262. The van der Waals surface area contributed by atoms with E-state index in [0.717, 1.165) is 16.1 Å². The van der Waals surface area contributed by atoms with Crippen molar-refractivity contribution < 1.29 is 9.53 Å². The number of aromatic nitrogens is 2. The summed E-state index contributed by atoms with van der Waals surface area (Å²) in [6.45, 7) is 0. The van der Waals surface area contributed by atoms with Crippen molar-refractivity contribution in [2.45, 2.75) is 6.10 Å². The molecule has 1 atom stereocenters. The molecule has 5 nitrogen and oxygen atoms in total. The van der Waals surface area contributed by atoms with Gasteiger partial charge in [-0.15, -0.1) is 10.2 Å². The zero-order valence-corrected chi connectivity index (χ0v) is 13.4. The van der Waals surface area contributed by atoms with Crippen LogP contribution in [0.1, 0.15) is 11.7 Å². The number of methoxy groups -OCH3 is 1. The van der Waals surface area contributed by atoms with Crippen molar-refractivity contribution >= 4 is 33.7 Å². The Balaban J connectivity index is 1.73. The first kappa shape index (κ1) is 14.8. The maximum atomic E-state index is 12.3. The Labute approximate surface area is 135 Å². The molecule has 3 aromatic rings. The number of thiophene rings is 1. The fraction of sp³-hybridized carbons (Fsp3) is 0.133. The SMILES string of the molecule is CO[C@H](C(=O)Nc1nnc(-c2ccsc2)s1)c1ccccc1. The van der Waals surface area contributed by atoms with Crippen LogP contribution in [0, 0.1) is 0 Å². The summed E-state index contributed by atoms with van der Waals surface area (Å²) in [6.07, 6.45) is -0.672. The number of ether oxygens (including phenoxy) is 1. The second-order valence-corrected chi connectivity index (χ2v) is 6.20. The maximum absolute atomic E-state index is 12.3. The second-order valence-electron chi connectivity index (χ2n) is 4.44. The van der Waals surface area contributed by atoms with Crippen molar-refractivity contribution in [3.63, 3.8) is 0 Å². The number of hydrogen-bond donors (Lipinski definition) is 1. The Hall–Kier alpha value is -2.09. The van der Waals surface area contributed by atoms with E-state index >= 15 is 0 Å². The van der Waals surface area contributed by atoms with Crippen LogP contribution < -0.4 is 5.32 Å². The highest BCUT2D eigenvalue weighted by molar-refractivity contribution is 7.19. The van der Waals surface area contributed by atoms with E-state index < -0.39 is 6.10 Å². The lowest BCUT2D eigenvalue weighted by molar-refractivity contribution is -0.126. The van der Waals surface area contributed by atoms with Crippen LogP contribution in [0.3, 0.4) is 0 Å². The smallest absolute Gasteiger partial charge is 0.259 e. The van der Waals surface area contributed by atoms with Crippen molar-refractivity contribution in [2.75, 3.05) is 12.4 Å². The van der Waals surface area contributed by atoms with Crippen LogP contribution in [0.2, 0.25) is 0 Å². The minimum atomic E-state index is -0.672. The van der Waals surface area contributed by atoms with Crippen LogP contribution in [0.5, 0.6) is 0 Å². The lowest BCUT2D eigenvalue weighted by Crippen LogP contribution is -2.22. The Morgan fingerprint density at radius 2 is 2.05 bits per heavy atom. The first-order valence-corrected chi connectivity index (χ1v) is 8.28. The van der Waals surface area contributed by atoms with E-state index in [1.807, 2.05) is 47.2 Å². The summed E-state index contributed by atoms with van der Waals surface area (Å²) in [7, 11) is 1.51.